The lowest BCUT2D eigenvalue weighted by Crippen LogP contribution is -2.45. The number of hydrogen-bond donors (Lipinski definition) is 1. The third-order valence-electron chi connectivity index (χ3n) is 3.64. The van der Waals surface area contributed by atoms with Gasteiger partial charge in [-0.25, -0.2) is 0 Å². The van der Waals surface area contributed by atoms with Gasteiger partial charge < -0.3 is 10.1 Å². The zero-order valence-corrected chi connectivity index (χ0v) is 11.0. The Kier molecular flexibility index (Phi) is 3.92. The van der Waals surface area contributed by atoms with Crippen molar-refractivity contribution in [1.29, 1.82) is 0 Å². The molecule has 19 heavy (non-hydrogen) atoms. The lowest BCUT2D eigenvalue weighted by Gasteiger charge is -2.35. The summed E-state index contributed by atoms with van der Waals surface area (Å²) >= 11 is 0. The molecule has 2 heteroatoms. The van der Waals surface area contributed by atoms with Crippen LogP contribution in [0.3, 0.4) is 0 Å². The van der Waals surface area contributed by atoms with Gasteiger partial charge in [0.2, 0.25) is 0 Å². The molecular weight excluding hydrogens is 234 g/mol. The molecule has 1 aliphatic rings. The summed E-state index contributed by atoms with van der Waals surface area (Å²) in [5.74, 6) is 0.589. The summed E-state index contributed by atoms with van der Waals surface area (Å²) < 4.78 is 6.18. The van der Waals surface area contributed by atoms with E-state index in [9.17, 15) is 0 Å². The summed E-state index contributed by atoms with van der Waals surface area (Å²) in [4.78, 5) is 0. The quantitative estimate of drug-likeness (QED) is 0.883. The van der Waals surface area contributed by atoms with Crippen molar-refractivity contribution in [3.05, 3.63) is 71.8 Å². The number of hydrogen-bond acceptors (Lipinski definition) is 2. The van der Waals surface area contributed by atoms with Gasteiger partial charge in [0.1, 0.15) is 0 Å². The Labute approximate surface area is 114 Å². The van der Waals surface area contributed by atoms with Gasteiger partial charge in [-0.15, -0.1) is 0 Å². The van der Waals surface area contributed by atoms with Crippen LogP contribution in [0.5, 0.6) is 0 Å². The number of rotatable bonds is 5. The maximum atomic E-state index is 6.18. The first-order valence-corrected chi connectivity index (χ1v) is 6.84. The van der Waals surface area contributed by atoms with E-state index in [0.717, 1.165) is 13.1 Å². The first-order valence-electron chi connectivity index (χ1n) is 6.84. The van der Waals surface area contributed by atoms with E-state index in [1.807, 2.05) is 6.07 Å². The van der Waals surface area contributed by atoms with Gasteiger partial charge in [-0.2, -0.15) is 0 Å². The van der Waals surface area contributed by atoms with Gasteiger partial charge in [-0.3, -0.25) is 0 Å². The van der Waals surface area contributed by atoms with Crippen LogP contribution in [0.1, 0.15) is 17.2 Å². The van der Waals surface area contributed by atoms with Crippen LogP contribution >= 0.6 is 0 Å². The lowest BCUT2D eigenvalue weighted by molar-refractivity contribution is -0.0170. The summed E-state index contributed by atoms with van der Waals surface area (Å²) in [6.45, 7) is 2.78. The van der Waals surface area contributed by atoms with Crippen LogP contribution in [0, 0.1) is 5.92 Å². The van der Waals surface area contributed by atoms with Gasteiger partial charge in [-0.1, -0.05) is 60.7 Å². The topological polar surface area (TPSA) is 21.3 Å². The highest BCUT2D eigenvalue weighted by atomic mass is 16.5. The molecule has 1 N–H and O–H groups in total. The van der Waals surface area contributed by atoms with E-state index in [1.54, 1.807) is 0 Å². The van der Waals surface area contributed by atoms with Crippen LogP contribution in [0.2, 0.25) is 0 Å². The van der Waals surface area contributed by atoms with Crippen LogP contribution in [0.25, 0.3) is 0 Å². The summed E-state index contributed by atoms with van der Waals surface area (Å²) in [5, 5.41) is 3.33. The molecule has 0 spiro atoms. The molecule has 98 valence electrons. The summed E-state index contributed by atoms with van der Waals surface area (Å²) in [6, 6.07) is 20.9. The predicted molar refractivity (Wildman–Crippen MR) is 76.8 cm³/mol. The molecule has 0 radical (unpaired) electrons. The molecule has 0 bridgehead atoms. The zero-order chi connectivity index (χ0) is 12.9. The highest BCUT2D eigenvalue weighted by Gasteiger charge is 2.28. The van der Waals surface area contributed by atoms with E-state index < -0.39 is 0 Å². The largest absolute Gasteiger partial charge is 0.368 e. The molecule has 1 heterocycles. The number of benzene rings is 2. The molecule has 0 aliphatic carbocycles. The second-order valence-corrected chi connectivity index (χ2v) is 5.05. The molecule has 0 amide bonds. The Morgan fingerprint density at radius 2 is 1.58 bits per heavy atom. The summed E-state index contributed by atoms with van der Waals surface area (Å²) in [6.07, 6.45) is 0.197. The van der Waals surface area contributed by atoms with Gasteiger partial charge in [0.15, 0.2) is 0 Å². The van der Waals surface area contributed by atoms with Crippen LogP contribution in [-0.4, -0.2) is 13.1 Å². The highest BCUT2D eigenvalue weighted by Crippen LogP contribution is 2.29. The van der Waals surface area contributed by atoms with Gasteiger partial charge in [0.25, 0.3) is 0 Å². The SMILES string of the molecule is c1ccc(CO[C@H](c2ccccc2)C2CNC2)cc1. The fourth-order valence-corrected chi connectivity index (χ4v) is 2.43. The lowest BCUT2D eigenvalue weighted by atomic mass is 9.91. The maximum absolute atomic E-state index is 6.18. The number of nitrogens with one attached hydrogen (secondary N) is 1. The Bertz CT molecular complexity index is 493. The van der Waals surface area contributed by atoms with Crippen LogP contribution in [-0.2, 0) is 11.3 Å². The van der Waals surface area contributed by atoms with Crippen LogP contribution in [0.15, 0.2) is 60.7 Å². The van der Waals surface area contributed by atoms with Crippen molar-refractivity contribution >= 4 is 0 Å². The molecule has 1 fully saturated rings. The molecule has 2 nitrogen and oxygen atoms in total. The minimum atomic E-state index is 0.197. The van der Waals surface area contributed by atoms with Gasteiger partial charge >= 0.3 is 0 Å². The first kappa shape index (κ1) is 12.4. The smallest absolute Gasteiger partial charge is 0.0881 e. The van der Waals surface area contributed by atoms with Crippen molar-refractivity contribution in [2.45, 2.75) is 12.7 Å². The van der Waals surface area contributed by atoms with E-state index in [1.165, 1.54) is 11.1 Å². The Balaban J connectivity index is 1.70. The number of ether oxygens (including phenoxy) is 1. The van der Waals surface area contributed by atoms with Gasteiger partial charge in [0, 0.05) is 19.0 Å². The maximum Gasteiger partial charge on any atom is 0.0881 e. The molecule has 1 aliphatic heterocycles. The Hall–Kier alpha value is -1.64. The standard InChI is InChI=1S/C17H19NO/c1-3-7-14(8-4-1)13-19-17(16-11-18-12-16)15-9-5-2-6-10-15/h1-10,16-18H,11-13H2/t17-/m1/s1. The van der Waals surface area contributed by atoms with E-state index >= 15 is 0 Å². The van der Waals surface area contributed by atoms with E-state index in [4.69, 9.17) is 4.74 Å². The second-order valence-electron chi connectivity index (χ2n) is 5.05. The van der Waals surface area contributed by atoms with Crippen LogP contribution < -0.4 is 5.32 Å². The van der Waals surface area contributed by atoms with Gasteiger partial charge in [-0.05, 0) is 11.1 Å². The molecule has 1 atom stereocenters. The molecular formula is C17H19NO. The molecule has 0 aromatic heterocycles. The van der Waals surface area contributed by atoms with Crippen molar-refractivity contribution in [2.24, 2.45) is 5.92 Å². The zero-order valence-electron chi connectivity index (χ0n) is 11.0. The van der Waals surface area contributed by atoms with Gasteiger partial charge in [0.05, 0.1) is 12.7 Å². The van der Waals surface area contributed by atoms with Crippen molar-refractivity contribution in [1.82, 2.24) is 5.32 Å². The fraction of sp³-hybridized carbons (Fsp3) is 0.294. The minimum Gasteiger partial charge on any atom is -0.368 e. The minimum absolute atomic E-state index is 0.197. The molecule has 2 aromatic carbocycles. The van der Waals surface area contributed by atoms with Crippen molar-refractivity contribution in [3.63, 3.8) is 0 Å². The van der Waals surface area contributed by atoms with Crippen molar-refractivity contribution in [3.8, 4) is 0 Å². The van der Waals surface area contributed by atoms with Crippen molar-refractivity contribution < 1.29 is 4.74 Å². The van der Waals surface area contributed by atoms with Crippen molar-refractivity contribution in [2.75, 3.05) is 13.1 Å². The van der Waals surface area contributed by atoms with E-state index in [-0.39, 0.29) is 6.10 Å². The summed E-state index contributed by atoms with van der Waals surface area (Å²) in [5.41, 5.74) is 2.51. The highest BCUT2D eigenvalue weighted by molar-refractivity contribution is 5.20. The first-order chi connectivity index (χ1) is 9.43. The third-order valence-corrected chi connectivity index (χ3v) is 3.64. The van der Waals surface area contributed by atoms with E-state index in [2.05, 4.69) is 59.9 Å². The molecule has 3 rings (SSSR count). The fourth-order valence-electron chi connectivity index (χ4n) is 2.43. The third kappa shape index (κ3) is 3.03. The normalized spacial score (nSPS) is 16.8. The van der Waals surface area contributed by atoms with Crippen LogP contribution in [0.4, 0.5) is 0 Å². The molecule has 0 unspecified atom stereocenters. The summed E-state index contributed by atoms with van der Waals surface area (Å²) in [7, 11) is 0. The monoisotopic (exact) mass is 253 g/mol. The molecule has 1 saturated heterocycles. The Morgan fingerprint density at radius 1 is 0.947 bits per heavy atom. The Morgan fingerprint density at radius 3 is 2.16 bits per heavy atom. The average molecular weight is 253 g/mol. The second kappa shape index (κ2) is 6.00. The average Bonchev–Trinajstić information content (AvgIpc) is 2.43. The van der Waals surface area contributed by atoms with E-state index in [0.29, 0.717) is 12.5 Å². The molecule has 0 saturated carbocycles. The molecule has 2 aromatic rings. The predicted octanol–water partition coefficient (Wildman–Crippen LogP) is 3.16.